The number of aromatic nitrogens is 1. The van der Waals surface area contributed by atoms with E-state index in [-0.39, 0.29) is 6.10 Å². The van der Waals surface area contributed by atoms with Crippen LogP contribution in [0.2, 0.25) is 0 Å². The SMILES string of the molecule is CCOC(c1ccccc1)c1nc(CN)cs1. The van der Waals surface area contributed by atoms with Crippen molar-refractivity contribution in [3.8, 4) is 0 Å². The fraction of sp³-hybridized carbons (Fsp3) is 0.308. The Hall–Kier alpha value is -1.23. The van der Waals surface area contributed by atoms with Gasteiger partial charge in [-0.15, -0.1) is 11.3 Å². The van der Waals surface area contributed by atoms with Crippen LogP contribution in [0, 0.1) is 0 Å². The lowest BCUT2D eigenvalue weighted by Crippen LogP contribution is -2.06. The largest absolute Gasteiger partial charge is 0.367 e. The van der Waals surface area contributed by atoms with E-state index in [4.69, 9.17) is 10.5 Å². The molecule has 4 heteroatoms. The zero-order valence-corrected chi connectivity index (χ0v) is 10.6. The molecule has 90 valence electrons. The Kier molecular flexibility index (Phi) is 4.25. The number of rotatable bonds is 5. The first-order valence-electron chi connectivity index (χ1n) is 5.66. The maximum atomic E-state index is 5.78. The van der Waals surface area contributed by atoms with Gasteiger partial charge >= 0.3 is 0 Å². The van der Waals surface area contributed by atoms with Gasteiger partial charge in [0.1, 0.15) is 11.1 Å². The zero-order chi connectivity index (χ0) is 12.1. The van der Waals surface area contributed by atoms with Crippen molar-refractivity contribution < 1.29 is 4.74 Å². The standard InChI is InChI=1S/C13H16N2OS/c1-2-16-12(10-6-4-3-5-7-10)13-15-11(8-14)9-17-13/h3-7,9,12H,2,8,14H2,1H3. The molecule has 0 aliphatic carbocycles. The molecule has 2 N–H and O–H groups in total. The predicted octanol–water partition coefficient (Wildman–Crippen LogP) is 2.73. The monoisotopic (exact) mass is 248 g/mol. The summed E-state index contributed by atoms with van der Waals surface area (Å²) in [6.45, 7) is 3.13. The minimum absolute atomic E-state index is 0.0773. The van der Waals surface area contributed by atoms with Crippen LogP contribution in [0.15, 0.2) is 35.7 Å². The summed E-state index contributed by atoms with van der Waals surface area (Å²) in [5, 5.41) is 2.96. The highest BCUT2D eigenvalue weighted by Gasteiger charge is 2.17. The zero-order valence-electron chi connectivity index (χ0n) is 9.80. The molecule has 3 nitrogen and oxygen atoms in total. The van der Waals surface area contributed by atoms with Crippen LogP contribution in [0.3, 0.4) is 0 Å². The van der Waals surface area contributed by atoms with Crippen LogP contribution in [-0.2, 0) is 11.3 Å². The van der Waals surface area contributed by atoms with Crippen molar-refractivity contribution in [1.82, 2.24) is 4.98 Å². The van der Waals surface area contributed by atoms with E-state index in [1.54, 1.807) is 11.3 Å². The lowest BCUT2D eigenvalue weighted by atomic mass is 10.1. The molecule has 0 saturated heterocycles. The first kappa shape index (κ1) is 12.2. The van der Waals surface area contributed by atoms with E-state index >= 15 is 0 Å². The number of benzene rings is 1. The van der Waals surface area contributed by atoms with Crippen LogP contribution in [0.1, 0.15) is 29.3 Å². The highest BCUT2D eigenvalue weighted by Crippen LogP contribution is 2.28. The average molecular weight is 248 g/mol. The molecule has 0 aliphatic rings. The third-order valence-corrected chi connectivity index (χ3v) is 3.38. The van der Waals surface area contributed by atoms with E-state index in [0.29, 0.717) is 13.2 Å². The van der Waals surface area contributed by atoms with Crippen LogP contribution in [0.5, 0.6) is 0 Å². The Balaban J connectivity index is 2.28. The Bertz CT molecular complexity index is 455. The first-order valence-corrected chi connectivity index (χ1v) is 6.54. The third-order valence-electron chi connectivity index (χ3n) is 2.44. The molecule has 1 aromatic heterocycles. The summed E-state index contributed by atoms with van der Waals surface area (Å²) >= 11 is 1.60. The minimum atomic E-state index is -0.0773. The number of hydrogen-bond acceptors (Lipinski definition) is 4. The molecule has 1 unspecified atom stereocenters. The van der Waals surface area contributed by atoms with E-state index in [9.17, 15) is 0 Å². The van der Waals surface area contributed by atoms with Gasteiger partial charge in [0.05, 0.1) is 5.69 Å². The second kappa shape index (κ2) is 5.91. The molecule has 0 spiro atoms. The molecule has 0 bridgehead atoms. The van der Waals surface area contributed by atoms with Crippen molar-refractivity contribution in [3.05, 3.63) is 52.0 Å². The van der Waals surface area contributed by atoms with E-state index in [1.165, 1.54) is 0 Å². The maximum Gasteiger partial charge on any atom is 0.134 e. The molecular weight excluding hydrogens is 232 g/mol. The fourth-order valence-corrected chi connectivity index (χ4v) is 2.54. The molecule has 17 heavy (non-hydrogen) atoms. The van der Waals surface area contributed by atoms with Gasteiger partial charge in [0.25, 0.3) is 0 Å². The minimum Gasteiger partial charge on any atom is -0.367 e. The summed E-state index contributed by atoms with van der Waals surface area (Å²) < 4.78 is 5.78. The van der Waals surface area contributed by atoms with Gasteiger partial charge in [0.15, 0.2) is 0 Å². The lowest BCUT2D eigenvalue weighted by Gasteiger charge is -2.14. The van der Waals surface area contributed by atoms with E-state index in [1.807, 2.05) is 30.5 Å². The summed E-state index contributed by atoms with van der Waals surface area (Å²) in [7, 11) is 0. The molecule has 0 amide bonds. The Labute approximate surface area is 105 Å². The van der Waals surface area contributed by atoms with E-state index < -0.39 is 0 Å². The van der Waals surface area contributed by atoms with Crippen molar-refractivity contribution in [2.75, 3.05) is 6.61 Å². The van der Waals surface area contributed by atoms with Crippen molar-refractivity contribution >= 4 is 11.3 Å². The average Bonchev–Trinajstić information content (AvgIpc) is 2.85. The van der Waals surface area contributed by atoms with Gasteiger partial charge in [-0.05, 0) is 12.5 Å². The van der Waals surface area contributed by atoms with Gasteiger partial charge in [0, 0.05) is 18.5 Å². The number of ether oxygens (including phenoxy) is 1. The summed E-state index contributed by atoms with van der Waals surface area (Å²) in [6.07, 6.45) is -0.0773. The topological polar surface area (TPSA) is 48.1 Å². The summed E-state index contributed by atoms with van der Waals surface area (Å²) in [5.41, 5.74) is 7.63. The number of nitrogens with zero attached hydrogens (tertiary/aromatic N) is 1. The Morgan fingerprint density at radius 2 is 2.12 bits per heavy atom. The fourth-order valence-electron chi connectivity index (χ4n) is 1.64. The second-order valence-corrected chi connectivity index (χ2v) is 4.52. The van der Waals surface area contributed by atoms with Crippen molar-refractivity contribution in [3.63, 3.8) is 0 Å². The highest BCUT2D eigenvalue weighted by atomic mass is 32.1. The van der Waals surface area contributed by atoms with Crippen molar-refractivity contribution in [1.29, 1.82) is 0 Å². The molecule has 1 atom stereocenters. The van der Waals surface area contributed by atoms with Gasteiger partial charge in [0.2, 0.25) is 0 Å². The van der Waals surface area contributed by atoms with Crippen LogP contribution in [0.25, 0.3) is 0 Å². The predicted molar refractivity (Wildman–Crippen MR) is 69.9 cm³/mol. The van der Waals surface area contributed by atoms with E-state index in [0.717, 1.165) is 16.3 Å². The van der Waals surface area contributed by atoms with Crippen LogP contribution < -0.4 is 5.73 Å². The van der Waals surface area contributed by atoms with Crippen molar-refractivity contribution in [2.45, 2.75) is 19.6 Å². The molecule has 1 heterocycles. The van der Waals surface area contributed by atoms with Crippen LogP contribution in [0.4, 0.5) is 0 Å². The van der Waals surface area contributed by atoms with Gasteiger partial charge in [-0.2, -0.15) is 0 Å². The normalized spacial score (nSPS) is 12.6. The van der Waals surface area contributed by atoms with E-state index in [2.05, 4.69) is 17.1 Å². The summed E-state index contributed by atoms with van der Waals surface area (Å²) in [6, 6.07) is 10.1. The Morgan fingerprint density at radius 3 is 2.71 bits per heavy atom. The molecule has 0 saturated carbocycles. The van der Waals surface area contributed by atoms with Gasteiger partial charge < -0.3 is 10.5 Å². The molecule has 0 aliphatic heterocycles. The number of nitrogens with two attached hydrogens (primary N) is 1. The summed E-state index contributed by atoms with van der Waals surface area (Å²) in [4.78, 5) is 4.49. The molecular formula is C13H16N2OS. The van der Waals surface area contributed by atoms with Crippen LogP contribution in [-0.4, -0.2) is 11.6 Å². The second-order valence-electron chi connectivity index (χ2n) is 3.63. The molecule has 2 rings (SSSR count). The molecule has 1 aromatic carbocycles. The van der Waals surface area contributed by atoms with Gasteiger partial charge in [-0.3, -0.25) is 0 Å². The first-order chi connectivity index (χ1) is 8.35. The maximum absolute atomic E-state index is 5.78. The Morgan fingerprint density at radius 1 is 1.35 bits per heavy atom. The number of thiazole rings is 1. The van der Waals surface area contributed by atoms with Crippen LogP contribution >= 0.6 is 11.3 Å². The van der Waals surface area contributed by atoms with Crippen molar-refractivity contribution in [2.24, 2.45) is 5.73 Å². The number of hydrogen-bond donors (Lipinski definition) is 1. The third kappa shape index (κ3) is 2.91. The molecule has 0 fully saturated rings. The smallest absolute Gasteiger partial charge is 0.134 e. The molecule has 0 radical (unpaired) electrons. The summed E-state index contributed by atoms with van der Waals surface area (Å²) in [5.74, 6) is 0. The van der Waals surface area contributed by atoms with Gasteiger partial charge in [-0.1, -0.05) is 30.3 Å². The molecule has 2 aromatic rings. The quantitative estimate of drug-likeness (QED) is 0.885. The lowest BCUT2D eigenvalue weighted by molar-refractivity contribution is 0.0910. The highest BCUT2D eigenvalue weighted by molar-refractivity contribution is 7.09. The van der Waals surface area contributed by atoms with Gasteiger partial charge in [-0.25, -0.2) is 4.98 Å².